The SMILES string of the molecule is Cc1ccc2cccc(-n3cc(C)[nH]c3=S)c2n1. The first-order valence-electron chi connectivity index (χ1n) is 5.80. The summed E-state index contributed by atoms with van der Waals surface area (Å²) in [5.74, 6) is 0. The third kappa shape index (κ3) is 1.75. The number of nitrogens with zero attached hydrogens (tertiary/aromatic N) is 2. The molecule has 1 aromatic carbocycles. The van der Waals surface area contributed by atoms with Crippen LogP contribution in [0.1, 0.15) is 11.4 Å². The van der Waals surface area contributed by atoms with Crippen LogP contribution in [0.15, 0.2) is 36.5 Å². The Labute approximate surface area is 110 Å². The van der Waals surface area contributed by atoms with Crippen molar-refractivity contribution in [2.45, 2.75) is 13.8 Å². The molecule has 0 atom stereocenters. The van der Waals surface area contributed by atoms with E-state index in [2.05, 4.69) is 22.1 Å². The summed E-state index contributed by atoms with van der Waals surface area (Å²) in [6.07, 6.45) is 2.00. The zero-order valence-corrected chi connectivity index (χ0v) is 11.1. The minimum absolute atomic E-state index is 0.698. The third-order valence-electron chi connectivity index (χ3n) is 2.94. The number of aromatic amines is 1. The molecule has 3 nitrogen and oxygen atoms in total. The van der Waals surface area contributed by atoms with Crippen molar-refractivity contribution in [2.75, 3.05) is 0 Å². The van der Waals surface area contributed by atoms with Crippen molar-refractivity contribution >= 4 is 23.1 Å². The van der Waals surface area contributed by atoms with Crippen LogP contribution in [0.4, 0.5) is 0 Å². The van der Waals surface area contributed by atoms with Gasteiger partial charge in [-0.15, -0.1) is 0 Å². The number of H-pyrrole nitrogens is 1. The summed E-state index contributed by atoms with van der Waals surface area (Å²) in [6.45, 7) is 3.99. The van der Waals surface area contributed by atoms with Crippen molar-refractivity contribution in [2.24, 2.45) is 0 Å². The van der Waals surface area contributed by atoms with Gasteiger partial charge in [0.25, 0.3) is 0 Å². The number of fused-ring (bicyclic) bond motifs is 1. The molecule has 3 rings (SSSR count). The Balaban J connectivity index is 2.39. The van der Waals surface area contributed by atoms with Gasteiger partial charge in [0.2, 0.25) is 0 Å². The largest absolute Gasteiger partial charge is 0.335 e. The smallest absolute Gasteiger partial charge is 0.182 e. The Morgan fingerprint density at radius 2 is 2.00 bits per heavy atom. The van der Waals surface area contributed by atoms with Crippen LogP contribution in [-0.4, -0.2) is 14.5 Å². The fraction of sp³-hybridized carbons (Fsp3) is 0.143. The summed E-state index contributed by atoms with van der Waals surface area (Å²) in [5.41, 5.74) is 4.05. The second-order valence-electron chi connectivity index (χ2n) is 4.41. The molecule has 0 radical (unpaired) electrons. The van der Waals surface area contributed by atoms with Crippen LogP contribution in [-0.2, 0) is 0 Å². The number of hydrogen-bond acceptors (Lipinski definition) is 2. The number of pyridine rings is 1. The summed E-state index contributed by atoms with van der Waals surface area (Å²) < 4.78 is 2.67. The van der Waals surface area contributed by atoms with E-state index in [0.717, 1.165) is 28.0 Å². The van der Waals surface area contributed by atoms with E-state index in [1.54, 1.807) is 0 Å². The second-order valence-corrected chi connectivity index (χ2v) is 4.80. The number of rotatable bonds is 1. The van der Waals surface area contributed by atoms with Gasteiger partial charge >= 0.3 is 0 Å². The second kappa shape index (κ2) is 4.07. The molecule has 3 aromatic rings. The molecule has 18 heavy (non-hydrogen) atoms. The fourth-order valence-corrected chi connectivity index (χ4v) is 2.43. The molecule has 0 spiro atoms. The molecule has 0 amide bonds. The number of hydrogen-bond donors (Lipinski definition) is 1. The lowest BCUT2D eigenvalue weighted by Gasteiger charge is -2.07. The van der Waals surface area contributed by atoms with E-state index < -0.39 is 0 Å². The average molecular weight is 255 g/mol. The maximum Gasteiger partial charge on any atom is 0.182 e. The van der Waals surface area contributed by atoms with Gasteiger partial charge in [0.1, 0.15) is 0 Å². The Hall–Kier alpha value is -1.94. The number of imidazole rings is 1. The lowest BCUT2D eigenvalue weighted by Crippen LogP contribution is -1.96. The topological polar surface area (TPSA) is 33.6 Å². The van der Waals surface area contributed by atoms with Crippen LogP contribution in [0.2, 0.25) is 0 Å². The Morgan fingerprint density at radius 3 is 2.72 bits per heavy atom. The molecular formula is C14H13N3S. The number of benzene rings is 1. The molecular weight excluding hydrogens is 242 g/mol. The summed E-state index contributed by atoms with van der Waals surface area (Å²) in [4.78, 5) is 7.76. The quantitative estimate of drug-likeness (QED) is 0.673. The van der Waals surface area contributed by atoms with Gasteiger partial charge in [-0.2, -0.15) is 0 Å². The first kappa shape index (κ1) is 11.2. The van der Waals surface area contributed by atoms with E-state index in [1.165, 1.54) is 0 Å². The maximum atomic E-state index is 5.33. The number of aryl methyl sites for hydroxylation is 2. The predicted octanol–water partition coefficient (Wildman–Crippen LogP) is 3.70. The van der Waals surface area contributed by atoms with Gasteiger partial charge < -0.3 is 4.98 Å². The van der Waals surface area contributed by atoms with Crippen molar-refractivity contribution in [1.29, 1.82) is 0 Å². The van der Waals surface area contributed by atoms with Gasteiger partial charge in [-0.1, -0.05) is 18.2 Å². The molecule has 4 heteroatoms. The highest BCUT2D eigenvalue weighted by molar-refractivity contribution is 7.71. The van der Waals surface area contributed by atoms with Crippen molar-refractivity contribution in [3.8, 4) is 5.69 Å². The standard InChI is InChI=1S/C14H13N3S/c1-9-6-7-11-4-3-5-12(13(11)15-9)17-8-10(2)16-14(17)18/h3-8H,1-2H3,(H,16,18). The molecule has 0 fully saturated rings. The first-order valence-corrected chi connectivity index (χ1v) is 6.21. The average Bonchev–Trinajstić information content (AvgIpc) is 2.67. The third-order valence-corrected chi connectivity index (χ3v) is 3.24. The van der Waals surface area contributed by atoms with Crippen LogP contribution in [0.3, 0.4) is 0 Å². The normalized spacial score (nSPS) is 11.0. The predicted molar refractivity (Wildman–Crippen MR) is 75.7 cm³/mol. The number of nitrogens with one attached hydrogen (secondary N) is 1. The van der Waals surface area contributed by atoms with Gasteiger partial charge in [-0.05, 0) is 38.2 Å². The molecule has 0 unspecified atom stereocenters. The molecule has 90 valence electrons. The Bertz CT molecular complexity index is 783. The van der Waals surface area contributed by atoms with Crippen LogP contribution < -0.4 is 0 Å². The van der Waals surface area contributed by atoms with Gasteiger partial charge in [0.05, 0.1) is 11.2 Å². The minimum Gasteiger partial charge on any atom is -0.335 e. The fourth-order valence-electron chi connectivity index (χ4n) is 2.12. The maximum absolute atomic E-state index is 5.33. The Kier molecular flexibility index (Phi) is 2.52. The molecule has 0 aliphatic carbocycles. The monoisotopic (exact) mass is 255 g/mol. The van der Waals surface area contributed by atoms with Gasteiger partial charge in [0, 0.05) is 23.0 Å². The number of aromatic nitrogens is 3. The molecule has 0 bridgehead atoms. The molecule has 2 heterocycles. The zero-order valence-electron chi connectivity index (χ0n) is 10.3. The lowest BCUT2D eigenvalue weighted by molar-refractivity contribution is 1.03. The van der Waals surface area contributed by atoms with E-state index in [4.69, 9.17) is 12.2 Å². The highest BCUT2D eigenvalue weighted by Crippen LogP contribution is 2.21. The summed E-state index contributed by atoms with van der Waals surface area (Å²) in [5, 5.41) is 1.12. The molecule has 2 aromatic heterocycles. The van der Waals surface area contributed by atoms with E-state index in [0.29, 0.717) is 4.77 Å². The zero-order chi connectivity index (χ0) is 12.7. The first-order chi connectivity index (χ1) is 8.65. The van der Waals surface area contributed by atoms with Crippen LogP contribution in [0.25, 0.3) is 16.6 Å². The highest BCUT2D eigenvalue weighted by atomic mass is 32.1. The Morgan fingerprint density at radius 1 is 1.17 bits per heavy atom. The van der Waals surface area contributed by atoms with Crippen molar-refractivity contribution < 1.29 is 0 Å². The van der Waals surface area contributed by atoms with Crippen molar-refractivity contribution in [1.82, 2.24) is 14.5 Å². The van der Waals surface area contributed by atoms with Crippen LogP contribution in [0.5, 0.6) is 0 Å². The highest BCUT2D eigenvalue weighted by Gasteiger charge is 2.06. The van der Waals surface area contributed by atoms with Crippen molar-refractivity contribution in [3.63, 3.8) is 0 Å². The summed E-state index contributed by atoms with van der Waals surface area (Å²) in [6, 6.07) is 10.2. The molecule has 0 aliphatic heterocycles. The van der Waals surface area contributed by atoms with E-state index in [1.807, 2.05) is 42.8 Å². The van der Waals surface area contributed by atoms with E-state index >= 15 is 0 Å². The summed E-state index contributed by atoms with van der Waals surface area (Å²) >= 11 is 5.33. The molecule has 0 saturated carbocycles. The molecule has 1 N–H and O–H groups in total. The van der Waals surface area contributed by atoms with Gasteiger partial charge in [-0.25, -0.2) is 0 Å². The van der Waals surface area contributed by atoms with Crippen LogP contribution >= 0.6 is 12.2 Å². The number of para-hydroxylation sites is 1. The minimum atomic E-state index is 0.698. The van der Waals surface area contributed by atoms with Gasteiger partial charge in [-0.3, -0.25) is 9.55 Å². The van der Waals surface area contributed by atoms with E-state index in [-0.39, 0.29) is 0 Å². The van der Waals surface area contributed by atoms with Gasteiger partial charge in [0.15, 0.2) is 4.77 Å². The van der Waals surface area contributed by atoms with E-state index in [9.17, 15) is 0 Å². The lowest BCUT2D eigenvalue weighted by atomic mass is 10.1. The van der Waals surface area contributed by atoms with Crippen LogP contribution in [0, 0.1) is 18.6 Å². The van der Waals surface area contributed by atoms with Crippen molar-refractivity contribution in [3.05, 3.63) is 52.7 Å². The molecule has 0 aliphatic rings. The molecule has 0 saturated heterocycles. The summed E-state index contributed by atoms with van der Waals surface area (Å²) in [7, 11) is 0.